The number of alkyl halides is 1. The minimum atomic E-state index is -1.04. The first kappa shape index (κ1) is 14.9. The van der Waals surface area contributed by atoms with Crippen molar-refractivity contribution in [3.8, 4) is 0 Å². The summed E-state index contributed by atoms with van der Waals surface area (Å²) < 4.78 is 0. The zero-order chi connectivity index (χ0) is 12.6. The predicted octanol–water partition coefficient (Wildman–Crippen LogP) is 2.93. The molecule has 0 bridgehead atoms. The fourth-order valence-corrected chi connectivity index (χ4v) is 0.645. The summed E-state index contributed by atoms with van der Waals surface area (Å²) in [6, 6.07) is 8.74. The fraction of sp³-hybridized carbons (Fsp3) is 0.364. The smallest absolute Gasteiger partial charge is 0.409 e. The van der Waals surface area contributed by atoms with Gasteiger partial charge in [-0.25, -0.2) is 4.79 Å². The quantitative estimate of drug-likeness (QED) is 0.733. The van der Waals surface area contributed by atoms with Crippen molar-refractivity contribution in [1.82, 2.24) is 0 Å². The van der Waals surface area contributed by atoms with Gasteiger partial charge in [0.25, 0.3) is 0 Å². The lowest BCUT2D eigenvalue weighted by Gasteiger charge is -2.10. The number of aliphatic hydroxyl groups is 1. The second-order valence-electron chi connectivity index (χ2n) is 3.74. The predicted molar refractivity (Wildman–Crippen MR) is 68.2 cm³/mol. The second-order valence-corrected chi connectivity index (χ2v) is 4.30. The first-order valence-corrected chi connectivity index (χ1v) is 5.80. The highest BCUT2D eigenvalue weighted by molar-refractivity contribution is 9.09. The maximum absolute atomic E-state index is 10.1. The summed E-state index contributed by atoms with van der Waals surface area (Å²) in [6.07, 6.45) is -1.04. The lowest BCUT2D eigenvalue weighted by molar-refractivity contribution is 0.108. The number of hydrogen-bond acceptors (Lipinski definition) is 2. The Hall–Kier alpha value is -1.07. The molecule has 90 valence electrons. The molecule has 0 spiro atoms. The molecule has 1 aromatic rings. The van der Waals surface area contributed by atoms with Crippen molar-refractivity contribution in [2.75, 3.05) is 10.6 Å². The number of amides is 1. The Morgan fingerprint density at radius 3 is 2.12 bits per heavy atom. The van der Waals surface area contributed by atoms with Crippen LogP contribution in [0.4, 0.5) is 10.5 Å². The molecule has 0 saturated carbocycles. The highest BCUT2D eigenvalue weighted by Gasteiger charge is 2.07. The summed E-state index contributed by atoms with van der Waals surface area (Å²) in [4.78, 5) is 10.1. The van der Waals surface area contributed by atoms with Gasteiger partial charge in [-0.15, -0.1) is 0 Å². The maximum atomic E-state index is 10.1. The first-order chi connectivity index (χ1) is 7.35. The Bertz CT molecular complexity index is 309. The van der Waals surface area contributed by atoms with E-state index >= 15 is 0 Å². The van der Waals surface area contributed by atoms with E-state index in [4.69, 9.17) is 10.2 Å². The van der Waals surface area contributed by atoms with Crippen LogP contribution in [0.3, 0.4) is 0 Å². The SMILES string of the molecule is CC(C)(O)CBr.O=C(O)Nc1ccccc1. The molecule has 0 radical (unpaired) electrons. The van der Waals surface area contributed by atoms with E-state index in [1.807, 2.05) is 6.07 Å². The molecule has 5 heteroatoms. The van der Waals surface area contributed by atoms with Gasteiger partial charge in [-0.05, 0) is 26.0 Å². The summed E-state index contributed by atoms with van der Waals surface area (Å²) in [7, 11) is 0. The summed E-state index contributed by atoms with van der Waals surface area (Å²) in [5.74, 6) is 0. The maximum Gasteiger partial charge on any atom is 0.409 e. The Labute approximate surface area is 103 Å². The van der Waals surface area contributed by atoms with Crippen molar-refractivity contribution in [2.45, 2.75) is 19.4 Å². The number of para-hydroxylation sites is 1. The van der Waals surface area contributed by atoms with Crippen LogP contribution in [0.15, 0.2) is 30.3 Å². The molecule has 0 aliphatic rings. The van der Waals surface area contributed by atoms with Gasteiger partial charge in [0.05, 0.1) is 5.60 Å². The van der Waals surface area contributed by atoms with Gasteiger partial charge in [-0.3, -0.25) is 5.32 Å². The van der Waals surface area contributed by atoms with Crippen LogP contribution in [-0.2, 0) is 0 Å². The van der Waals surface area contributed by atoms with Crippen LogP contribution < -0.4 is 5.32 Å². The van der Waals surface area contributed by atoms with Crippen LogP contribution in [0, 0.1) is 0 Å². The standard InChI is InChI=1S/C7H7NO2.C4H9BrO/c9-7(10)8-6-4-2-1-3-5-6;1-4(2,6)3-5/h1-5,8H,(H,9,10);6H,3H2,1-2H3. The van der Waals surface area contributed by atoms with Gasteiger partial charge in [0.2, 0.25) is 0 Å². The molecule has 1 rings (SSSR count). The number of carbonyl (C=O) groups is 1. The largest absolute Gasteiger partial charge is 0.465 e. The van der Waals surface area contributed by atoms with Crippen molar-refractivity contribution in [2.24, 2.45) is 0 Å². The molecular formula is C11H16BrNO3. The molecule has 0 aliphatic heterocycles. The van der Waals surface area contributed by atoms with Gasteiger partial charge in [0.15, 0.2) is 0 Å². The van der Waals surface area contributed by atoms with Crippen molar-refractivity contribution in [1.29, 1.82) is 0 Å². The average molecular weight is 290 g/mol. The lowest BCUT2D eigenvalue weighted by atomic mass is 10.2. The van der Waals surface area contributed by atoms with Gasteiger partial charge in [0.1, 0.15) is 0 Å². The van der Waals surface area contributed by atoms with Gasteiger partial charge in [0, 0.05) is 11.0 Å². The Balaban J connectivity index is 0.000000325. The molecule has 1 amide bonds. The number of carboxylic acid groups (broad SMARTS) is 1. The number of halogens is 1. The van der Waals surface area contributed by atoms with Crippen molar-refractivity contribution < 1.29 is 15.0 Å². The second kappa shape index (κ2) is 7.24. The highest BCUT2D eigenvalue weighted by Crippen LogP contribution is 2.03. The van der Waals surface area contributed by atoms with Crippen LogP contribution >= 0.6 is 15.9 Å². The molecule has 0 saturated heterocycles. The van der Waals surface area contributed by atoms with E-state index in [2.05, 4.69) is 21.2 Å². The highest BCUT2D eigenvalue weighted by atomic mass is 79.9. The Morgan fingerprint density at radius 1 is 1.38 bits per heavy atom. The van der Waals surface area contributed by atoms with Gasteiger partial charge in [-0.1, -0.05) is 34.1 Å². The Kier molecular flexibility index (Phi) is 6.76. The van der Waals surface area contributed by atoms with E-state index in [9.17, 15) is 4.79 Å². The third-order valence-corrected chi connectivity index (χ3v) is 2.72. The minimum absolute atomic E-state index is 0.542. The molecule has 0 aromatic heterocycles. The number of nitrogens with one attached hydrogen (secondary N) is 1. The summed E-state index contributed by atoms with van der Waals surface area (Å²) in [6.45, 7) is 3.50. The molecule has 4 nitrogen and oxygen atoms in total. The zero-order valence-electron chi connectivity index (χ0n) is 9.27. The van der Waals surface area contributed by atoms with Crippen LogP contribution in [0.5, 0.6) is 0 Å². The molecule has 0 aliphatic carbocycles. The zero-order valence-corrected chi connectivity index (χ0v) is 10.9. The van der Waals surface area contributed by atoms with Gasteiger partial charge in [-0.2, -0.15) is 0 Å². The summed E-state index contributed by atoms with van der Waals surface area (Å²) in [5.41, 5.74) is 0.0509. The van der Waals surface area contributed by atoms with Gasteiger partial charge >= 0.3 is 6.09 Å². The van der Waals surface area contributed by atoms with E-state index < -0.39 is 11.7 Å². The molecule has 16 heavy (non-hydrogen) atoms. The third-order valence-electron chi connectivity index (χ3n) is 1.35. The van der Waals surface area contributed by atoms with E-state index in [0.29, 0.717) is 11.0 Å². The number of rotatable bonds is 2. The normalized spacial score (nSPS) is 10.0. The third kappa shape index (κ3) is 9.48. The molecule has 1 aromatic carbocycles. The van der Waals surface area contributed by atoms with Crippen molar-refractivity contribution in [3.63, 3.8) is 0 Å². The molecular weight excluding hydrogens is 274 g/mol. The van der Waals surface area contributed by atoms with Gasteiger partial charge < -0.3 is 10.2 Å². The van der Waals surface area contributed by atoms with Crippen LogP contribution in [0.2, 0.25) is 0 Å². The molecule has 3 N–H and O–H groups in total. The number of anilines is 1. The Morgan fingerprint density at radius 2 is 1.81 bits per heavy atom. The number of benzene rings is 1. The average Bonchev–Trinajstić information content (AvgIpc) is 2.18. The van der Waals surface area contributed by atoms with E-state index in [0.717, 1.165) is 0 Å². The lowest BCUT2D eigenvalue weighted by Crippen LogP contribution is -2.19. The monoisotopic (exact) mass is 289 g/mol. The fourth-order valence-electron chi connectivity index (χ4n) is 0.645. The van der Waals surface area contributed by atoms with Crippen molar-refractivity contribution in [3.05, 3.63) is 30.3 Å². The number of hydrogen-bond donors (Lipinski definition) is 3. The first-order valence-electron chi connectivity index (χ1n) is 4.68. The summed E-state index contributed by atoms with van der Waals surface area (Å²) in [5, 5.41) is 19.9. The molecule has 0 fully saturated rings. The van der Waals surface area contributed by atoms with E-state index in [-0.39, 0.29) is 0 Å². The van der Waals surface area contributed by atoms with Crippen LogP contribution in [0.1, 0.15) is 13.8 Å². The molecule has 0 unspecified atom stereocenters. The minimum Gasteiger partial charge on any atom is -0.465 e. The topological polar surface area (TPSA) is 69.6 Å². The van der Waals surface area contributed by atoms with Crippen molar-refractivity contribution >= 4 is 27.7 Å². The van der Waals surface area contributed by atoms with Crippen LogP contribution in [0.25, 0.3) is 0 Å². The van der Waals surface area contributed by atoms with Crippen LogP contribution in [-0.4, -0.2) is 27.2 Å². The molecule has 0 atom stereocenters. The van der Waals surface area contributed by atoms with E-state index in [1.54, 1.807) is 38.1 Å². The van der Waals surface area contributed by atoms with E-state index in [1.165, 1.54) is 0 Å². The molecule has 0 heterocycles. The summed E-state index contributed by atoms with van der Waals surface area (Å²) >= 11 is 3.12.